The summed E-state index contributed by atoms with van der Waals surface area (Å²) in [6.45, 7) is 0. The van der Waals surface area contributed by atoms with Crippen LogP contribution in [0.5, 0.6) is 0 Å². The van der Waals surface area contributed by atoms with Crippen molar-refractivity contribution in [2.45, 2.75) is 6.04 Å². The molecule has 0 radical (unpaired) electrons. The van der Waals surface area contributed by atoms with Gasteiger partial charge in [-0.15, -0.1) is 0 Å². The number of fused-ring (bicyclic) bond motifs is 1. The lowest BCUT2D eigenvalue weighted by Gasteiger charge is -2.11. The number of allylic oxidation sites excluding steroid dienone is 2. The smallest absolute Gasteiger partial charge is 0.353 e. The third kappa shape index (κ3) is 1.20. The van der Waals surface area contributed by atoms with Crippen LogP contribution in [0.15, 0.2) is 35.1 Å². The van der Waals surface area contributed by atoms with Gasteiger partial charge in [0.05, 0.1) is 6.04 Å². The summed E-state index contributed by atoms with van der Waals surface area (Å²) in [7, 11) is 0. The molecule has 0 fully saturated rings. The Morgan fingerprint density at radius 3 is 2.79 bits per heavy atom. The van der Waals surface area contributed by atoms with E-state index in [-0.39, 0.29) is 11.3 Å². The third-order valence-corrected chi connectivity index (χ3v) is 2.01. The van der Waals surface area contributed by atoms with E-state index in [1.807, 2.05) is 0 Å². The Balaban J connectivity index is 2.46. The number of aliphatic carboxylic acids is 1. The molecule has 3 N–H and O–H groups in total. The van der Waals surface area contributed by atoms with Crippen LogP contribution in [-0.2, 0) is 4.79 Å². The number of carboxylic acid groups (broad SMARTS) is 1. The van der Waals surface area contributed by atoms with Crippen LogP contribution >= 0.6 is 0 Å². The molecule has 0 spiro atoms. The zero-order valence-corrected chi connectivity index (χ0v) is 6.84. The first-order valence-electron chi connectivity index (χ1n) is 3.83. The Bertz CT molecular complexity index is 398. The Hall–Kier alpha value is -1.69. The summed E-state index contributed by atoms with van der Waals surface area (Å²) in [5, 5.41) is 8.68. The van der Waals surface area contributed by atoms with Crippen molar-refractivity contribution in [2.24, 2.45) is 0 Å². The molecular weight excluding hydrogens is 194 g/mol. The predicted octanol–water partition coefficient (Wildman–Crippen LogP) is 0.522. The van der Waals surface area contributed by atoms with E-state index in [2.05, 4.69) is 10.9 Å². The maximum Gasteiger partial charge on any atom is 0.353 e. The molecule has 0 amide bonds. The maximum absolute atomic E-state index is 12.8. The molecule has 1 aliphatic heterocycles. The van der Waals surface area contributed by atoms with Crippen molar-refractivity contribution in [3.8, 4) is 0 Å². The Kier molecular flexibility index (Phi) is 1.85. The van der Waals surface area contributed by atoms with Crippen molar-refractivity contribution in [2.75, 3.05) is 0 Å². The molecule has 0 saturated heterocycles. The molecule has 0 aromatic heterocycles. The van der Waals surface area contributed by atoms with Gasteiger partial charge in [-0.1, -0.05) is 0 Å². The fourth-order valence-corrected chi connectivity index (χ4v) is 1.36. The average Bonchev–Trinajstić information content (AvgIpc) is 2.48. The summed E-state index contributed by atoms with van der Waals surface area (Å²) in [5.74, 6) is -3.25. The number of halogens is 2. The Morgan fingerprint density at radius 2 is 2.14 bits per heavy atom. The van der Waals surface area contributed by atoms with E-state index in [4.69, 9.17) is 5.11 Å². The number of carbonyl (C=O) groups is 1. The van der Waals surface area contributed by atoms with Crippen LogP contribution < -0.4 is 10.9 Å². The summed E-state index contributed by atoms with van der Waals surface area (Å²) in [5.41, 5.74) is 4.89. The second-order valence-corrected chi connectivity index (χ2v) is 2.89. The van der Waals surface area contributed by atoms with Gasteiger partial charge < -0.3 is 10.5 Å². The third-order valence-electron chi connectivity index (χ3n) is 2.01. The van der Waals surface area contributed by atoms with Crippen LogP contribution in [0.25, 0.3) is 0 Å². The van der Waals surface area contributed by atoms with E-state index < -0.39 is 23.7 Å². The number of carboxylic acids is 1. The van der Waals surface area contributed by atoms with E-state index >= 15 is 0 Å². The summed E-state index contributed by atoms with van der Waals surface area (Å²) in [6.07, 6.45) is 1.85. The first kappa shape index (κ1) is 8.89. The van der Waals surface area contributed by atoms with Gasteiger partial charge in [-0.3, -0.25) is 0 Å². The molecule has 2 rings (SSSR count). The summed E-state index contributed by atoms with van der Waals surface area (Å²) in [4.78, 5) is 10.6. The SMILES string of the molecule is O=C(O)C1=C2C=C(F)C(F)=CC2NN1. The van der Waals surface area contributed by atoms with E-state index in [1.165, 1.54) is 0 Å². The molecule has 1 heterocycles. The molecule has 0 aromatic carbocycles. The molecular formula is C8H6F2N2O2. The van der Waals surface area contributed by atoms with Crippen LogP contribution in [0.4, 0.5) is 8.78 Å². The highest BCUT2D eigenvalue weighted by Crippen LogP contribution is 2.28. The molecule has 74 valence electrons. The molecule has 4 nitrogen and oxygen atoms in total. The fraction of sp³-hybridized carbons (Fsp3) is 0.125. The van der Waals surface area contributed by atoms with Crippen molar-refractivity contribution in [1.29, 1.82) is 0 Å². The second kappa shape index (κ2) is 2.91. The molecule has 1 unspecified atom stereocenters. The topological polar surface area (TPSA) is 61.4 Å². The summed E-state index contributed by atoms with van der Waals surface area (Å²) in [6, 6.07) is -0.624. The lowest BCUT2D eigenvalue weighted by Crippen LogP contribution is -2.33. The van der Waals surface area contributed by atoms with E-state index in [0.717, 1.165) is 12.2 Å². The largest absolute Gasteiger partial charge is 0.477 e. The molecule has 0 saturated carbocycles. The Labute approximate surface area is 77.6 Å². The molecule has 14 heavy (non-hydrogen) atoms. The average molecular weight is 200 g/mol. The van der Waals surface area contributed by atoms with Crippen LogP contribution in [0.1, 0.15) is 0 Å². The lowest BCUT2D eigenvalue weighted by molar-refractivity contribution is -0.133. The van der Waals surface area contributed by atoms with Crippen LogP contribution in [-0.4, -0.2) is 17.1 Å². The number of hydrogen-bond donors (Lipinski definition) is 3. The fourth-order valence-electron chi connectivity index (χ4n) is 1.36. The van der Waals surface area contributed by atoms with Crippen LogP contribution in [0.2, 0.25) is 0 Å². The molecule has 6 heteroatoms. The van der Waals surface area contributed by atoms with Crippen molar-refractivity contribution in [3.63, 3.8) is 0 Å². The molecule has 0 aromatic rings. The molecule has 1 atom stereocenters. The van der Waals surface area contributed by atoms with Gasteiger partial charge >= 0.3 is 5.97 Å². The zero-order chi connectivity index (χ0) is 10.3. The van der Waals surface area contributed by atoms with E-state index in [9.17, 15) is 13.6 Å². The predicted molar refractivity (Wildman–Crippen MR) is 43.1 cm³/mol. The maximum atomic E-state index is 12.8. The highest BCUT2D eigenvalue weighted by atomic mass is 19.2. The van der Waals surface area contributed by atoms with Crippen LogP contribution in [0, 0.1) is 0 Å². The van der Waals surface area contributed by atoms with Gasteiger partial charge in [0, 0.05) is 5.57 Å². The number of hydrogen-bond acceptors (Lipinski definition) is 3. The number of hydrazine groups is 1. The monoisotopic (exact) mass is 200 g/mol. The number of rotatable bonds is 1. The number of nitrogens with one attached hydrogen (secondary N) is 2. The second-order valence-electron chi connectivity index (χ2n) is 2.89. The minimum absolute atomic E-state index is 0.158. The van der Waals surface area contributed by atoms with Crippen LogP contribution in [0.3, 0.4) is 0 Å². The summed E-state index contributed by atoms with van der Waals surface area (Å²) < 4.78 is 25.5. The van der Waals surface area contributed by atoms with Crippen molar-refractivity contribution < 1.29 is 18.7 Å². The van der Waals surface area contributed by atoms with Crippen molar-refractivity contribution in [3.05, 3.63) is 35.1 Å². The minimum atomic E-state index is -1.21. The lowest BCUT2D eigenvalue weighted by atomic mass is 10.0. The molecule has 2 aliphatic rings. The van der Waals surface area contributed by atoms with E-state index in [0.29, 0.717) is 0 Å². The van der Waals surface area contributed by atoms with Crippen molar-refractivity contribution >= 4 is 5.97 Å². The Morgan fingerprint density at radius 1 is 1.43 bits per heavy atom. The van der Waals surface area contributed by atoms with Gasteiger partial charge in [-0.2, -0.15) is 0 Å². The summed E-state index contributed by atoms with van der Waals surface area (Å²) >= 11 is 0. The highest BCUT2D eigenvalue weighted by molar-refractivity contribution is 5.88. The first-order valence-corrected chi connectivity index (χ1v) is 3.83. The standard InChI is InChI=1S/C8H6F2N2O2/c9-4-1-3-6(2-5(4)10)11-12-7(3)8(13)14/h1-2,6,11-12H,(H,13,14). The normalized spacial score (nSPS) is 25.1. The molecule has 1 aliphatic carbocycles. The quantitative estimate of drug-likeness (QED) is 0.577. The minimum Gasteiger partial charge on any atom is -0.477 e. The van der Waals surface area contributed by atoms with Gasteiger partial charge in [0.1, 0.15) is 5.70 Å². The first-order chi connectivity index (χ1) is 6.59. The van der Waals surface area contributed by atoms with Crippen molar-refractivity contribution in [1.82, 2.24) is 10.9 Å². The van der Waals surface area contributed by atoms with E-state index in [1.54, 1.807) is 0 Å². The highest BCUT2D eigenvalue weighted by Gasteiger charge is 2.30. The van der Waals surface area contributed by atoms with Gasteiger partial charge in [-0.25, -0.2) is 19.0 Å². The van der Waals surface area contributed by atoms with Gasteiger partial charge in [0.25, 0.3) is 0 Å². The van der Waals surface area contributed by atoms with Gasteiger partial charge in [0.15, 0.2) is 11.7 Å². The van der Waals surface area contributed by atoms with Gasteiger partial charge in [0.2, 0.25) is 0 Å². The zero-order valence-electron chi connectivity index (χ0n) is 6.84. The molecule has 0 bridgehead atoms. The van der Waals surface area contributed by atoms with Gasteiger partial charge in [-0.05, 0) is 12.2 Å².